The van der Waals surface area contributed by atoms with Crippen molar-refractivity contribution in [2.24, 2.45) is 11.8 Å². The third-order valence-corrected chi connectivity index (χ3v) is 4.29. The van der Waals surface area contributed by atoms with Gasteiger partial charge in [-0.3, -0.25) is 0 Å². The molecule has 96 valence electrons. The zero-order chi connectivity index (χ0) is 12.2. The summed E-state index contributed by atoms with van der Waals surface area (Å²) in [5.41, 5.74) is 0.0271. The van der Waals surface area contributed by atoms with E-state index in [-0.39, 0.29) is 5.60 Å². The van der Waals surface area contributed by atoms with E-state index < -0.39 is 0 Å². The number of nitrogens with one attached hydrogen (secondary N) is 1. The highest BCUT2D eigenvalue weighted by Gasteiger charge is 2.29. The van der Waals surface area contributed by atoms with Gasteiger partial charge in [-0.1, -0.05) is 13.3 Å². The topological polar surface area (TPSA) is 21.3 Å². The first-order chi connectivity index (χ1) is 7.48. The normalized spacial score (nSPS) is 28.3. The van der Waals surface area contributed by atoms with Crippen molar-refractivity contribution in [2.75, 3.05) is 14.2 Å². The number of rotatable bonds is 6. The van der Waals surface area contributed by atoms with Crippen LogP contribution in [0.1, 0.15) is 52.9 Å². The monoisotopic (exact) mass is 227 g/mol. The van der Waals surface area contributed by atoms with E-state index >= 15 is 0 Å². The average Bonchev–Trinajstić information content (AvgIpc) is 2.66. The summed E-state index contributed by atoms with van der Waals surface area (Å²) in [5, 5.41) is 3.51. The minimum atomic E-state index is 0.0271. The van der Waals surface area contributed by atoms with Gasteiger partial charge in [0, 0.05) is 13.2 Å². The van der Waals surface area contributed by atoms with Gasteiger partial charge in [0.2, 0.25) is 0 Å². The molecule has 0 amide bonds. The zero-order valence-corrected chi connectivity index (χ0v) is 11.7. The Kier molecular flexibility index (Phi) is 5.26. The molecule has 1 rings (SSSR count). The van der Waals surface area contributed by atoms with Gasteiger partial charge in [0.05, 0.1) is 5.60 Å². The van der Waals surface area contributed by atoms with E-state index in [0.717, 1.165) is 18.3 Å². The zero-order valence-electron chi connectivity index (χ0n) is 11.7. The van der Waals surface area contributed by atoms with Crippen molar-refractivity contribution in [2.45, 2.75) is 64.5 Å². The first-order valence-electron chi connectivity index (χ1n) is 6.71. The Morgan fingerprint density at radius 3 is 2.50 bits per heavy atom. The summed E-state index contributed by atoms with van der Waals surface area (Å²) in [5.74, 6) is 1.81. The lowest BCUT2D eigenvalue weighted by Gasteiger charge is -2.28. The van der Waals surface area contributed by atoms with Crippen LogP contribution < -0.4 is 5.32 Å². The van der Waals surface area contributed by atoms with Crippen molar-refractivity contribution in [3.63, 3.8) is 0 Å². The third-order valence-electron chi connectivity index (χ3n) is 4.29. The molecule has 0 aromatic heterocycles. The van der Waals surface area contributed by atoms with E-state index in [9.17, 15) is 0 Å². The lowest BCUT2D eigenvalue weighted by molar-refractivity contribution is 0.0104. The van der Waals surface area contributed by atoms with E-state index in [1.807, 2.05) is 7.11 Å². The second-order valence-corrected chi connectivity index (χ2v) is 6.08. The molecule has 2 heteroatoms. The van der Waals surface area contributed by atoms with Crippen molar-refractivity contribution in [3.05, 3.63) is 0 Å². The van der Waals surface area contributed by atoms with Crippen LogP contribution in [-0.2, 0) is 4.74 Å². The van der Waals surface area contributed by atoms with E-state index in [1.165, 1.54) is 25.7 Å². The quantitative estimate of drug-likeness (QED) is 0.752. The van der Waals surface area contributed by atoms with Crippen LogP contribution in [0.5, 0.6) is 0 Å². The van der Waals surface area contributed by atoms with E-state index in [4.69, 9.17) is 4.74 Å². The van der Waals surface area contributed by atoms with Gasteiger partial charge < -0.3 is 10.1 Å². The highest BCUT2D eigenvalue weighted by atomic mass is 16.5. The Morgan fingerprint density at radius 1 is 1.38 bits per heavy atom. The van der Waals surface area contributed by atoms with Gasteiger partial charge >= 0.3 is 0 Å². The molecule has 2 nitrogen and oxygen atoms in total. The standard InChI is InChI=1S/C14H29NO/c1-11-6-7-12(10-11)13(15-4)8-9-14(2,3)16-5/h11-13,15H,6-10H2,1-5H3. The molecular weight excluding hydrogens is 198 g/mol. The van der Waals surface area contributed by atoms with Crippen LogP contribution >= 0.6 is 0 Å². The van der Waals surface area contributed by atoms with Crippen molar-refractivity contribution in [3.8, 4) is 0 Å². The molecule has 0 aromatic rings. The fraction of sp³-hybridized carbons (Fsp3) is 1.00. The average molecular weight is 227 g/mol. The Hall–Kier alpha value is -0.0800. The lowest BCUT2D eigenvalue weighted by Crippen LogP contribution is -2.35. The Morgan fingerprint density at radius 2 is 2.06 bits per heavy atom. The van der Waals surface area contributed by atoms with Crippen LogP contribution in [0, 0.1) is 11.8 Å². The summed E-state index contributed by atoms with van der Waals surface area (Å²) >= 11 is 0. The van der Waals surface area contributed by atoms with E-state index in [1.54, 1.807) is 0 Å². The van der Waals surface area contributed by atoms with Gasteiger partial charge in [0.25, 0.3) is 0 Å². The minimum Gasteiger partial charge on any atom is -0.379 e. The fourth-order valence-electron chi connectivity index (χ4n) is 2.84. The van der Waals surface area contributed by atoms with Crippen LogP contribution in [0.25, 0.3) is 0 Å². The number of ether oxygens (including phenoxy) is 1. The first-order valence-corrected chi connectivity index (χ1v) is 6.71. The van der Waals surface area contributed by atoms with Gasteiger partial charge in [-0.05, 0) is 58.4 Å². The Bertz CT molecular complexity index is 203. The largest absolute Gasteiger partial charge is 0.379 e. The highest BCUT2D eigenvalue weighted by Crippen LogP contribution is 2.34. The molecule has 1 aliphatic rings. The summed E-state index contributed by atoms with van der Waals surface area (Å²) in [6, 6.07) is 0.680. The van der Waals surface area contributed by atoms with Crippen molar-refractivity contribution in [1.82, 2.24) is 5.32 Å². The molecule has 3 unspecified atom stereocenters. The molecule has 0 heterocycles. The first kappa shape index (κ1) is 14.0. The second-order valence-electron chi connectivity index (χ2n) is 6.08. The Labute approximate surface area is 101 Å². The third kappa shape index (κ3) is 4.06. The summed E-state index contributed by atoms with van der Waals surface area (Å²) in [7, 11) is 3.92. The number of hydrogen-bond acceptors (Lipinski definition) is 2. The molecule has 16 heavy (non-hydrogen) atoms. The molecule has 0 spiro atoms. The predicted octanol–water partition coefficient (Wildman–Crippen LogP) is 3.22. The molecule has 0 aromatic carbocycles. The summed E-state index contributed by atoms with van der Waals surface area (Å²) in [6.07, 6.45) is 6.59. The summed E-state index contributed by atoms with van der Waals surface area (Å²) < 4.78 is 5.49. The van der Waals surface area contributed by atoms with Gasteiger partial charge in [-0.25, -0.2) is 0 Å². The van der Waals surface area contributed by atoms with Gasteiger partial charge in [-0.15, -0.1) is 0 Å². The van der Waals surface area contributed by atoms with Crippen LogP contribution in [-0.4, -0.2) is 25.8 Å². The van der Waals surface area contributed by atoms with Crippen LogP contribution in [0.3, 0.4) is 0 Å². The summed E-state index contributed by atoms with van der Waals surface area (Å²) in [4.78, 5) is 0. The van der Waals surface area contributed by atoms with Gasteiger partial charge in [0.15, 0.2) is 0 Å². The maximum Gasteiger partial charge on any atom is 0.0623 e. The molecule has 1 fully saturated rings. The van der Waals surface area contributed by atoms with Crippen molar-refractivity contribution >= 4 is 0 Å². The van der Waals surface area contributed by atoms with Gasteiger partial charge in [-0.2, -0.15) is 0 Å². The number of hydrogen-bond donors (Lipinski definition) is 1. The maximum absolute atomic E-state index is 5.49. The smallest absolute Gasteiger partial charge is 0.0623 e. The molecule has 1 aliphatic carbocycles. The van der Waals surface area contributed by atoms with Crippen LogP contribution in [0.15, 0.2) is 0 Å². The lowest BCUT2D eigenvalue weighted by atomic mass is 9.89. The maximum atomic E-state index is 5.49. The molecule has 3 atom stereocenters. The van der Waals surface area contributed by atoms with Crippen molar-refractivity contribution in [1.29, 1.82) is 0 Å². The molecule has 0 radical (unpaired) electrons. The minimum absolute atomic E-state index is 0.0271. The SMILES string of the molecule is CNC(CCC(C)(C)OC)C1CCC(C)C1. The summed E-state index contributed by atoms with van der Waals surface area (Å²) in [6.45, 7) is 6.74. The second kappa shape index (κ2) is 6.02. The van der Waals surface area contributed by atoms with Gasteiger partial charge in [0.1, 0.15) is 0 Å². The molecule has 1 saturated carbocycles. The van der Waals surface area contributed by atoms with Crippen LogP contribution in [0.4, 0.5) is 0 Å². The van der Waals surface area contributed by atoms with Crippen molar-refractivity contribution < 1.29 is 4.74 Å². The molecule has 0 aliphatic heterocycles. The molecule has 0 saturated heterocycles. The molecular formula is C14H29NO. The molecule has 1 N–H and O–H groups in total. The molecule has 0 bridgehead atoms. The number of methoxy groups -OCH3 is 1. The van der Waals surface area contributed by atoms with E-state index in [2.05, 4.69) is 33.1 Å². The Balaban J connectivity index is 2.37. The van der Waals surface area contributed by atoms with E-state index in [0.29, 0.717) is 6.04 Å². The predicted molar refractivity (Wildman–Crippen MR) is 69.7 cm³/mol. The van der Waals surface area contributed by atoms with Crippen LogP contribution in [0.2, 0.25) is 0 Å². The fourth-order valence-corrected chi connectivity index (χ4v) is 2.84. The highest BCUT2D eigenvalue weighted by molar-refractivity contribution is 4.84.